The highest BCUT2D eigenvalue weighted by Crippen LogP contribution is 2.54. The van der Waals surface area contributed by atoms with Crippen molar-refractivity contribution in [2.24, 2.45) is 16.6 Å². The van der Waals surface area contributed by atoms with E-state index in [1.807, 2.05) is 0 Å². The van der Waals surface area contributed by atoms with Gasteiger partial charge in [0.05, 0.1) is 33.9 Å². The molecule has 0 radical (unpaired) electrons. The van der Waals surface area contributed by atoms with Crippen LogP contribution >= 0.6 is 11.8 Å². The predicted octanol–water partition coefficient (Wildman–Crippen LogP) is 4.56. The first-order valence-electron chi connectivity index (χ1n) is 11.6. The van der Waals surface area contributed by atoms with Crippen LogP contribution in [0.1, 0.15) is 26.3 Å². The average Bonchev–Trinajstić information content (AvgIpc) is 2.86. The van der Waals surface area contributed by atoms with Gasteiger partial charge in [-0.2, -0.15) is 17.6 Å². The Bertz CT molecular complexity index is 1460. The van der Waals surface area contributed by atoms with Crippen LogP contribution < -0.4 is 15.8 Å². The lowest BCUT2D eigenvalue weighted by Crippen LogP contribution is -2.59. The Morgan fingerprint density at radius 3 is 2.67 bits per heavy atom. The Balaban J connectivity index is 1.74. The average molecular weight is 564 g/mol. The molecule has 0 aliphatic carbocycles. The molecular formula is C25H25F4N7O2S. The number of ether oxygens (including phenoxy) is 2. The molecule has 9 nitrogen and oxygen atoms in total. The highest BCUT2D eigenvalue weighted by molar-refractivity contribution is 8.15. The minimum Gasteiger partial charge on any atom is -0.463 e. The number of anilines is 2. The second-order valence-electron chi connectivity index (χ2n) is 9.18. The van der Waals surface area contributed by atoms with Crippen molar-refractivity contribution in [1.82, 2.24) is 19.9 Å². The fourth-order valence-corrected chi connectivity index (χ4v) is 6.13. The maximum absolute atomic E-state index is 15.2. The monoisotopic (exact) mass is 563 g/mol. The van der Waals surface area contributed by atoms with Gasteiger partial charge < -0.3 is 20.5 Å². The van der Waals surface area contributed by atoms with Gasteiger partial charge in [0.25, 0.3) is 0 Å². The lowest BCUT2D eigenvalue weighted by molar-refractivity contribution is -0.226. The fraction of sp³-hybridized carbons (Fsp3) is 0.400. The number of pyridine rings is 2. The number of nitrogens with two attached hydrogens (primary N) is 1. The molecule has 3 aromatic heterocycles. The van der Waals surface area contributed by atoms with Crippen molar-refractivity contribution in [3.05, 3.63) is 42.2 Å². The van der Waals surface area contributed by atoms with E-state index in [-0.39, 0.29) is 29.0 Å². The maximum Gasteiger partial charge on any atom is 0.415 e. The van der Waals surface area contributed by atoms with Gasteiger partial charge in [-0.3, -0.25) is 4.99 Å². The quantitative estimate of drug-likeness (QED) is 0.242. The molecule has 4 heterocycles. The van der Waals surface area contributed by atoms with Crippen LogP contribution in [0.3, 0.4) is 0 Å². The number of amidine groups is 1. The summed E-state index contributed by atoms with van der Waals surface area (Å²) in [4.78, 5) is 21.2. The number of fused-ring (bicyclic) bond motifs is 1. The van der Waals surface area contributed by atoms with E-state index < -0.39 is 34.4 Å². The van der Waals surface area contributed by atoms with E-state index in [4.69, 9.17) is 21.6 Å². The highest BCUT2D eigenvalue weighted by Gasteiger charge is 2.61. The molecule has 0 bridgehead atoms. The molecular weight excluding hydrogens is 538 g/mol. The van der Waals surface area contributed by atoms with Gasteiger partial charge in [0.1, 0.15) is 5.52 Å². The summed E-state index contributed by atoms with van der Waals surface area (Å²) in [7, 11) is 0.979. The topological polar surface area (TPSA) is 120 Å². The number of hydrogen-bond acceptors (Lipinski definition) is 10. The second kappa shape index (κ2) is 10.5. The molecule has 0 spiro atoms. The maximum atomic E-state index is 15.2. The molecule has 4 atom stereocenters. The molecule has 206 valence electrons. The molecule has 0 aromatic carbocycles. The van der Waals surface area contributed by atoms with Crippen LogP contribution in [0.25, 0.3) is 11.0 Å². The van der Waals surface area contributed by atoms with Crippen molar-refractivity contribution >= 4 is 39.5 Å². The zero-order valence-electron chi connectivity index (χ0n) is 21.4. The summed E-state index contributed by atoms with van der Waals surface area (Å²) in [6, 6.07) is 3.04. The number of nitrogens with zero attached hydrogens (tertiary/aromatic N) is 5. The molecule has 0 fully saturated rings. The van der Waals surface area contributed by atoms with E-state index in [9.17, 15) is 13.2 Å². The molecule has 4 rings (SSSR count). The molecule has 0 amide bonds. The summed E-state index contributed by atoms with van der Waals surface area (Å²) in [6.07, 6.45) is 2.42. The normalized spacial score (nSPS) is 24.1. The number of aliphatic imine (C=N–C) groups is 1. The van der Waals surface area contributed by atoms with Crippen molar-refractivity contribution < 1.29 is 27.0 Å². The van der Waals surface area contributed by atoms with Crippen LogP contribution in [0.15, 0.2) is 35.7 Å². The third-order valence-electron chi connectivity index (χ3n) is 6.81. The number of halogens is 4. The van der Waals surface area contributed by atoms with E-state index in [2.05, 4.69) is 36.2 Å². The van der Waals surface area contributed by atoms with Crippen LogP contribution in [-0.4, -0.2) is 55.8 Å². The molecule has 1 aliphatic heterocycles. The molecule has 0 saturated carbocycles. The minimum atomic E-state index is -4.70. The zero-order chi connectivity index (χ0) is 28.6. The number of hydrogen-bond donors (Lipinski definition) is 2. The zero-order valence-corrected chi connectivity index (χ0v) is 22.2. The number of methoxy groups -OCH3 is 1. The Kier molecular flexibility index (Phi) is 7.59. The first kappa shape index (κ1) is 28.3. The van der Waals surface area contributed by atoms with E-state index in [1.54, 1.807) is 13.0 Å². The Labute approximate surface area is 226 Å². The van der Waals surface area contributed by atoms with Gasteiger partial charge in [0.2, 0.25) is 11.8 Å². The molecule has 14 heteroatoms. The van der Waals surface area contributed by atoms with Crippen molar-refractivity contribution in [2.75, 3.05) is 19.0 Å². The third-order valence-corrected chi connectivity index (χ3v) is 8.12. The summed E-state index contributed by atoms with van der Waals surface area (Å²) in [5, 5.41) is 2.90. The first-order valence-corrected chi connectivity index (χ1v) is 12.4. The summed E-state index contributed by atoms with van der Waals surface area (Å²) < 4.78 is 65.7. The smallest absolute Gasteiger partial charge is 0.415 e. The fourth-order valence-electron chi connectivity index (χ4n) is 4.70. The largest absolute Gasteiger partial charge is 0.463 e. The van der Waals surface area contributed by atoms with Crippen LogP contribution in [0.5, 0.6) is 5.88 Å². The molecule has 0 saturated heterocycles. The van der Waals surface area contributed by atoms with Crippen molar-refractivity contribution in [2.45, 2.75) is 43.3 Å². The van der Waals surface area contributed by atoms with E-state index >= 15 is 4.39 Å². The van der Waals surface area contributed by atoms with Crippen molar-refractivity contribution in [3.63, 3.8) is 0 Å². The van der Waals surface area contributed by atoms with Gasteiger partial charge in [-0.1, -0.05) is 24.6 Å². The molecule has 1 aliphatic rings. The summed E-state index contributed by atoms with van der Waals surface area (Å²) >= 11 is 0.751. The van der Waals surface area contributed by atoms with Gasteiger partial charge in [-0.25, -0.2) is 19.9 Å². The SMILES string of the molecule is C#CCOc1cnc2c(Nc3cnc(F)c([C@@]4(C)N=C(N)S[C@](C)([C@H](OC)C(F)(F)F)[C@H]4C)c3)nccc2n1. The predicted molar refractivity (Wildman–Crippen MR) is 140 cm³/mol. The summed E-state index contributed by atoms with van der Waals surface area (Å²) in [5.41, 5.74) is 5.58. The highest BCUT2D eigenvalue weighted by atomic mass is 32.2. The van der Waals surface area contributed by atoms with Gasteiger partial charge >= 0.3 is 6.18 Å². The van der Waals surface area contributed by atoms with Crippen LogP contribution in [-0.2, 0) is 10.3 Å². The lowest BCUT2D eigenvalue weighted by Gasteiger charge is -2.50. The number of nitrogens with one attached hydrogen (secondary N) is 1. The van der Waals surface area contributed by atoms with Crippen LogP contribution in [0, 0.1) is 24.2 Å². The van der Waals surface area contributed by atoms with Crippen molar-refractivity contribution in [3.8, 4) is 18.2 Å². The molecule has 3 aromatic rings. The van der Waals surface area contributed by atoms with Gasteiger partial charge in [0.15, 0.2) is 23.7 Å². The van der Waals surface area contributed by atoms with Crippen LogP contribution in [0.4, 0.5) is 29.1 Å². The van der Waals surface area contributed by atoms with Crippen molar-refractivity contribution in [1.29, 1.82) is 0 Å². The lowest BCUT2D eigenvalue weighted by atomic mass is 9.72. The van der Waals surface area contributed by atoms with E-state index in [0.29, 0.717) is 16.7 Å². The van der Waals surface area contributed by atoms with Crippen LogP contribution in [0.2, 0.25) is 0 Å². The van der Waals surface area contributed by atoms with E-state index in [0.717, 1.165) is 18.9 Å². The van der Waals surface area contributed by atoms with E-state index in [1.165, 1.54) is 38.5 Å². The molecule has 3 N–H and O–H groups in total. The first-order chi connectivity index (χ1) is 18.3. The number of thioether (sulfide) groups is 1. The summed E-state index contributed by atoms with van der Waals surface area (Å²) in [6.45, 7) is 4.49. The third kappa shape index (κ3) is 5.28. The molecule has 39 heavy (non-hydrogen) atoms. The number of aromatic nitrogens is 4. The Morgan fingerprint density at radius 2 is 2.00 bits per heavy atom. The molecule has 0 unspecified atom stereocenters. The summed E-state index contributed by atoms with van der Waals surface area (Å²) in [5.74, 6) is 1.05. The standard InChI is InChI=1S/C25H25F4N7O2S/c1-6-9-38-17-12-32-18-16(35-17)7-8-31-20(18)34-14-10-15(19(26)33-11-14)23(3)13(2)24(4,39-22(30)36-23)21(37-5)25(27,28)29/h1,7-8,10-13,21H,9H2,2-5H3,(H2,30,36)(H,31,34)/t13-,21-,23-,24-/m0/s1. The number of terminal acetylenes is 1. The Hall–Kier alpha value is -3.70. The Morgan fingerprint density at radius 1 is 1.26 bits per heavy atom. The number of rotatable bonds is 7. The number of alkyl halides is 3. The van der Waals surface area contributed by atoms with Gasteiger partial charge in [0, 0.05) is 24.8 Å². The van der Waals surface area contributed by atoms with Gasteiger partial charge in [-0.05, 0) is 26.0 Å². The minimum absolute atomic E-state index is 0.0240. The van der Waals surface area contributed by atoms with Gasteiger partial charge in [-0.15, -0.1) is 6.42 Å². The second-order valence-corrected chi connectivity index (χ2v) is 10.7.